The van der Waals surface area contributed by atoms with Gasteiger partial charge in [-0.15, -0.1) is 0 Å². The molecule has 1 aliphatic rings. The van der Waals surface area contributed by atoms with Crippen molar-refractivity contribution in [2.75, 3.05) is 32.8 Å². The quantitative estimate of drug-likeness (QED) is 0.833. The van der Waals surface area contributed by atoms with Crippen LogP contribution >= 0.6 is 11.6 Å². The smallest absolute Gasteiger partial charge is 0.137 e. The van der Waals surface area contributed by atoms with Crippen LogP contribution in [0.4, 0.5) is 0 Å². The number of likely N-dealkylation sites (tertiary alicyclic amines) is 1. The number of halogens is 1. The van der Waals surface area contributed by atoms with Crippen LogP contribution in [0.1, 0.15) is 38.3 Å². The molecule has 0 aromatic heterocycles. The van der Waals surface area contributed by atoms with Crippen LogP contribution in [0.5, 0.6) is 5.75 Å². The summed E-state index contributed by atoms with van der Waals surface area (Å²) in [6.07, 6.45) is 2.63. The lowest BCUT2D eigenvalue weighted by Gasteiger charge is -2.17. The molecule has 112 valence electrons. The standard InChI is InChI=1S/C16H25ClN2O/c1-3-18-13(2)14-6-7-16(15(17)12-14)20-11-10-19-8-4-5-9-19/h6-7,12-13,18H,3-5,8-11H2,1-2H3. The van der Waals surface area contributed by atoms with Crippen LogP contribution in [-0.4, -0.2) is 37.7 Å². The fourth-order valence-electron chi connectivity index (χ4n) is 2.62. The molecule has 0 amide bonds. The summed E-state index contributed by atoms with van der Waals surface area (Å²) < 4.78 is 5.80. The summed E-state index contributed by atoms with van der Waals surface area (Å²) >= 11 is 6.30. The number of nitrogens with zero attached hydrogens (tertiary/aromatic N) is 1. The Kier molecular flexibility index (Phi) is 6.14. The zero-order chi connectivity index (χ0) is 14.4. The van der Waals surface area contributed by atoms with Crippen molar-refractivity contribution in [1.82, 2.24) is 10.2 Å². The average molecular weight is 297 g/mol. The first-order valence-corrected chi connectivity index (χ1v) is 7.96. The lowest BCUT2D eigenvalue weighted by molar-refractivity contribution is 0.238. The van der Waals surface area contributed by atoms with E-state index >= 15 is 0 Å². The van der Waals surface area contributed by atoms with Crippen LogP contribution in [0, 0.1) is 0 Å². The summed E-state index contributed by atoms with van der Waals surface area (Å²) in [7, 11) is 0. The minimum Gasteiger partial charge on any atom is -0.491 e. The lowest BCUT2D eigenvalue weighted by atomic mass is 10.1. The third kappa shape index (κ3) is 4.37. The highest BCUT2D eigenvalue weighted by Crippen LogP contribution is 2.28. The molecular formula is C16H25ClN2O. The molecule has 0 aliphatic carbocycles. The van der Waals surface area contributed by atoms with Gasteiger partial charge in [0.05, 0.1) is 5.02 Å². The van der Waals surface area contributed by atoms with Crippen molar-refractivity contribution < 1.29 is 4.74 Å². The van der Waals surface area contributed by atoms with Gasteiger partial charge in [-0.1, -0.05) is 24.6 Å². The minimum atomic E-state index is 0.316. The van der Waals surface area contributed by atoms with Gasteiger partial charge in [0.25, 0.3) is 0 Å². The van der Waals surface area contributed by atoms with Gasteiger partial charge in [0.1, 0.15) is 12.4 Å². The van der Waals surface area contributed by atoms with Gasteiger partial charge >= 0.3 is 0 Å². The highest BCUT2D eigenvalue weighted by molar-refractivity contribution is 6.32. The van der Waals surface area contributed by atoms with Gasteiger partial charge in [-0.25, -0.2) is 0 Å². The van der Waals surface area contributed by atoms with Gasteiger partial charge in [0.2, 0.25) is 0 Å². The van der Waals surface area contributed by atoms with Gasteiger partial charge in [-0.3, -0.25) is 4.90 Å². The second kappa shape index (κ2) is 7.87. The molecule has 1 aliphatic heterocycles. The highest BCUT2D eigenvalue weighted by atomic mass is 35.5. The lowest BCUT2D eigenvalue weighted by Crippen LogP contribution is -2.25. The van der Waals surface area contributed by atoms with Gasteiger partial charge in [0, 0.05) is 12.6 Å². The van der Waals surface area contributed by atoms with Crippen LogP contribution < -0.4 is 10.1 Å². The van der Waals surface area contributed by atoms with Crippen molar-refractivity contribution in [2.24, 2.45) is 0 Å². The zero-order valence-corrected chi connectivity index (χ0v) is 13.2. The third-order valence-corrected chi connectivity index (χ3v) is 4.13. The summed E-state index contributed by atoms with van der Waals surface area (Å²) in [4.78, 5) is 2.44. The van der Waals surface area contributed by atoms with E-state index in [-0.39, 0.29) is 0 Å². The molecule has 0 bridgehead atoms. The summed E-state index contributed by atoms with van der Waals surface area (Å²) in [5.41, 5.74) is 1.20. The third-order valence-electron chi connectivity index (χ3n) is 3.83. The summed E-state index contributed by atoms with van der Waals surface area (Å²) in [6, 6.07) is 6.39. The molecule has 20 heavy (non-hydrogen) atoms. The molecule has 1 unspecified atom stereocenters. The monoisotopic (exact) mass is 296 g/mol. The fraction of sp³-hybridized carbons (Fsp3) is 0.625. The van der Waals surface area contributed by atoms with Crippen molar-refractivity contribution in [3.8, 4) is 5.75 Å². The largest absolute Gasteiger partial charge is 0.491 e. The molecule has 2 rings (SSSR count). The number of hydrogen-bond donors (Lipinski definition) is 1. The molecular weight excluding hydrogens is 272 g/mol. The summed E-state index contributed by atoms with van der Waals surface area (Å²) in [5.74, 6) is 0.790. The molecule has 0 radical (unpaired) electrons. The van der Waals surface area contributed by atoms with E-state index in [0.29, 0.717) is 17.7 Å². The van der Waals surface area contributed by atoms with Gasteiger partial charge in [-0.2, -0.15) is 0 Å². The Morgan fingerprint density at radius 1 is 1.35 bits per heavy atom. The van der Waals surface area contributed by atoms with E-state index in [9.17, 15) is 0 Å². The van der Waals surface area contributed by atoms with E-state index in [0.717, 1.165) is 18.8 Å². The van der Waals surface area contributed by atoms with Crippen molar-refractivity contribution in [2.45, 2.75) is 32.7 Å². The second-order valence-electron chi connectivity index (χ2n) is 5.37. The molecule has 1 aromatic carbocycles. The van der Waals surface area contributed by atoms with Crippen molar-refractivity contribution in [1.29, 1.82) is 0 Å². The number of hydrogen-bond acceptors (Lipinski definition) is 3. The molecule has 1 aromatic rings. The molecule has 1 saturated heterocycles. The van der Waals surface area contributed by atoms with E-state index in [1.54, 1.807) is 0 Å². The molecule has 1 heterocycles. The van der Waals surface area contributed by atoms with Crippen LogP contribution in [0.2, 0.25) is 5.02 Å². The predicted octanol–water partition coefficient (Wildman–Crippen LogP) is 3.49. The fourth-order valence-corrected chi connectivity index (χ4v) is 2.86. The Morgan fingerprint density at radius 3 is 2.75 bits per heavy atom. The van der Waals surface area contributed by atoms with Gasteiger partial charge < -0.3 is 10.1 Å². The minimum absolute atomic E-state index is 0.316. The Bertz CT molecular complexity index is 419. The van der Waals surface area contributed by atoms with Crippen LogP contribution in [0.15, 0.2) is 18.2 Å². The molecule has 0 spiro atoms. The summed E-state index contributed by atoms with van der Waals surface area (Å²) in [6.45, 7) is 9.31. The Labute approximate surface area is 127 Å². The first kappa shape index (κ1) is 15.6. The first-order valence-electron chi connectivity index (χ1n) is 7.58. The van der Waals surface area contributed by atoms with E-state index in [2.05, 4.69) is 30.1 Å². The van der Waals surface area contributed by atoms with Crippen molar-refractivity contribution in [3.63, 3.8) is 0 Å². The van der Waals surface area contributed by atoms with Gasteiger partial charge in [-0.05, 0) is 57.1 Å². The molecule has 1 N–H and O–H groups in total. The Balaban J connectivity index is 1.85. The van der Waals surface area contributed by atoms with Crippen LogP contribution in [0.3, 0.4) is 0 Å². The molecule has 3 nitrogen and oxygen atoms in total. The maximum Gasteiger partial charge on any atom is 0.137 e. The number of ether oxygens (including phenoxy) is 1. The van der Waals surface area contributed by atoms with Crippen molar-refractivity contribution in [3.05, 3.63) is 28.8 Å². The molecule has 1 atom stereocenters. The van der Waals surface area contributed by atoms with E-state index < -0.39 is 0 Å². The van der Waals surface area contributed by atoms with Crippen LogP contribution in [-0.2, 0) is 0 Å². The molecule has 0 saturated carbocycles. The topological polar surface area (TPSA) is 24.5 Å². The highest BCUT2D eigenvalue weighted by Gasteiger charge is 2.12. The maximum absolute atomic E-state index is 6.30. The number of nitrogens with one attached hydrogen (secondary N) is 1. The Morgan fingerprint density at radius 2 is 2.10 bits per heavy atom. The van der Waals surface area contributed by atoms with Crippen molar-refractivity contribution >= 4 is 11.6 Å². The second-order valence-corrected chi connectivity index (χ2v) is 5.77. The average Bonchev–Trinajstić information content (AvgIpc) is 2.94. The Hall–Kier alpha value is -0.770. The normalized spacial score (nSPS) is 17.4. The van der Waals surface area contributed by atoms with E-state index in [1.165, 1.54) is 31.5 Å². The molecule has 1 fully saturated rings. The van der Waals surface area contributed by atoms with Crippen LogP contribution in [0.25, 0.3) is 0 Å². The SMILES string of the molecule is CCNC(C)c1ccc(OCCN2CCCC2)c(Cl)c1. The predicted molar refractivity (Wildman–Crippen MR) is 84.7 cm³/mol. The zero-order valence-electron chi connectivity index (χ0n) is 12.5. The van der Waals surface area contributed by atoms with Gasteiger partial charge in [0.15, 0.2) is 0 Å². The van der Waals surface area contributed by atoms with E-state index in [1.807, 2.05) is 12.1 Å². The summed E-state index contributed by atoms with van der Waals surface area (Å²) in [5, 5.41) is 4.09. The van der Waals surface area contributed by atoms with E-state index in [4.69, 9.17) is 16.3 Å². The molecule has 4 heteroatoms. The number of rotatable bonds is 7. The maximum atomic E-state index is 6.30. The first-order chi connectivity index (χ1) is 9.70. The number of benzene rings is 1.